The first-order valence-electron chi connectivity index (χ1n) is 13.1. The highest BCUT2D eigenvalue weighted by atomic mass is 31.1. The predicted octanol–water partition coefficient (Wildman–Crippen LogP) is 6.84. The largest absolute Gasteiger partial charge is 0.496 e. The molecule has 4 heteroatoms. The van der Waals surface area contributed by atoms with E-state index in [9.17, 15) is 0 Å². The molecule has 1 saturated carbocycles. The van der Waals surface area contributed by atoms with E-state index in [2.05, 4.69) is 101 Å². The molecule has 0 aromatic heterocycles. The molecule has 3 atom stereocenters. The molecular formula is C32H42NO2P. The Bertz CT molecular complexity index is 1080. The monoisotopic (exact) mass is 503 g/mol. The molecule has 0 aliphatic heterocycles. The van der Waals surface area contributed by atoms with Gasteiger partial charge >= 0.3 is 0 Å². The van der Waals surface area contributed by atoms with Crippen molar-refractivity contribution < 1.29 is 9.47 Å². The summed E-state index contributed by atoms with van der Waals surface area (Å²) in [6.45, 7) is 8.75. The summed E-state index contributed by atoms with van der Waals surface area (Å²) < 4.78 is 11.5. The lowest BCUT2D eigenvalue weighted by Gasteiger charge is -2.38. The van der Waals surface area contributed by atoms with Gasteiger partial charge in [-0.1, -0.05) is 36.8 Å². The average molecular weight is 504 g/mol. The van der Waals surface area contributed by atoms with Crippen LogP contribution in [0, 0.1) is 33.6 Å². The molecule has 0 unspecified atom stereocenters. The van der Waals surface area contributed by atoms with Crippen LogP contribution in [0.15, 0.2) is 54.6 Å². The van der Waals surface area contributed by atoms with Crippen molar-refractivity contribution in [3.8, 4) is 11.5 Å². The van der Waals surface area contributed by atoms with Gasteiger partial charge in [-0.25, -0.2) is 0 Å². The first-order valence-corrected chi connectivity index (χ1v) is 14.5. The normalized spacial score (nSPS) is 18.6. The van der Waals surface area contributed by atoms with Crippen LogP contribution < -0.4 is 20.1 Å². The first kappa shape index (κ1) is 26.7. The molecule has 1 aliphatic carbocycles. The maximum Gasteiger partial charge on any atom is 0.124 e. The lowest BCUT2D eigenvalue weighted by Crippen LogP contribution is -2.34. The Balaban J connectivity index is 1.88. The highest BCUT2D eigenvalue weighted by Crippen LogP contribution is 2.55. The molecule has 192 valence electrons. The zero-order valence-electron chi connectivity index (χ0n) is 23.3. The third-order valence-electron chi connectivity index (χ3n) is 7.82. The minimum absolute atomic E-state index is 0.407. The number of benzene rings is 3. The molecule has 0 amide bonds. The summed E-state index contributed by atoms with van der Waals surface area (Å²) in [6, 6.07) is 21.1. The van der Waals surface area contributed by atoms with Crippen molar-refractivity contribution >= 4 is 18.5 Å². The zero-order valence-corrected chi connectivity index (χ0v) is 24.2. The Morgan fingerprint density at radius 3 is 1.64 bits per heavy atom. The van der Waals surface area contributed by atoms with Gasteiger partial charge in [0.2, 0.25) is 0 Å². The van der Waals surface area contributed by atoms with Gasteiger partial charge in [0, 0.05) is 6.04 Å². The summed E-state index contributed by atoms with van der Waals surface area (Å²) in [5, 5.41) is 2.93. The smallest absolute Gasteiger partial charge is 0.124 e. The molecule has 0 heterocycles. The van der Waals surface area contributed by atoms with Crippen molar-refractivity contribution in [2.45, 2.75) is 58.7 Å². The Morgan fingerprint density at radius 2 is 1.22 bits per heavy atom. The number of methoxy groups -OCH3 is 2. The third kappa shape index (κ3) is 5.20. The van der Waals surface area contributed by atoms with Crippen LogP contribution in [0.4, 0.5) is 0 Å². The number of rotatable bonds is 8. The molecule has 1 fully saturated rings. The summed E-state index contributed by atoms with van der Waals surface area (Å²) in [7, 11) is 7.48. The maximum atomic E-state index is 5.74. The van der Waals surface area contributed by atoms with Crippen LogP contribution in [0.5, 0.6) is 11.5 Å². The van der Waals surface area contributed by atoms with Gasteiger partial charge in [0.15, 0.2) is 0 Å². The number of hydrogen-bond donors (Lipinski definition) is 0. The lowest BCUT2D eigenvalue weighted by atomic mass is 9.90. The van der Waals surface area contributed by atoms with Gasteiger partial charge in [-0.05, 0) is 137 Å². The minimum atomic E-state index is -0.576. The second-order valence-corrected chi connectivity index (χ2v) is 13.0. The van der Waals surface area contributed by atoms with Crippen LogP contribution in [0.1, 0.15) is 53.1 Å². The molecule has 1 aliphatic rings. The molecule has 36 heavy (non-hydrogen) atoms. The van der Waals surface area contributed by atoms with E-state index in [1.807, 2.05) is 0 Å². The molecular weight excluding hydrogens is 461 g/mol. The average Bonchev–Trinajstić information content (AvgIpc) is 3.28. The predicted molar refractivity (Wildman–Crippen MR) is 155 cm³/mol. The number of hydrogen-bond acceptors (Lipinski definition) is 3. The van der Waals surface area contributed by atoms with E-state index in [1.54, 1.807) is 14.2 Å². The van der Waals surface area contributed by atoms with Crippen molar-refractivity contribution in [3.05, 3.63) is 82.4 Å². The van der Waals surface area contributed by atoms with Gasteiger partial charge < -0.3 is 14.4 Å². The number of ether oxygens (including phenoxy) is 2. The summed E-state index contributed by atoms with van der Waals surface area (Å²) in [5.74, 6) is 2.61. The highest BCUT2D eigenvalue weighted by molar-refractivity contribution is 7.73. The van der Waals surface area contributed by atoms with Crippen molar-refractivity contribution in [2.75, 3.05) is 28.3 Å². The summed E-state index contributed by atoms with van der Waals surface area (Å²) in [5.41, 5.74) is 6.94. The van der Waals surface area contributed by atoms with Crippen molar-refractivity contribution in [1.29, 1.82) is 0 Å². The van der Waals surface area contributed by atoms with Crippen LogP contribution in [0.25, 0.3) is 0 Å². The van der Waals surface area contributed by atoms with E-state index in [0.717, 1.165) is 11.5 Å². The molecule has 0 N–H and O–H groups in total. The SMILES string of the molecule is COc1c(C)cc(P(c2cc(C)c(OC)c(C)c2)[C@@H]2CCC[C@@H]2[C@@H](c2ccccc2)N(C)C)cc1C. The second-order valence-electron chi connectivity index (χ2n) is 10.6. The molecule has 0 bridgehead atoms. The van der Waals surface area contributed by atoms with Gasteiger partial charge in [-0.3, -0.25) is 0 Å². The second kappa shape index (κ2) is 11.4. The van der Waals surface area contributed by atoms with Crippen molar-refractivity contribution in [1.82, 2.24) is 4.90 Å². The van der Waals surface area contributed by atoms with Gasteiger partial charge in [0.1, 0.15) is 11.5 Å². The molecule has 4 rings (SSSR count). The fraction of sp³-hybridized carbons (Fsp3) is 0.438. The van der Waals surface area contributed by atoms with E-state index in [-0.39, 0.29) is 0 Å². The standard InChI is InChI=1S/C32H42NO2P/c1-21-17-26(18-22(2)31(21)34-7)36(27-19-23(3)32(35-8)24(4)20-27)29-16-12-15-28(29)30(33(5)6)25-13-10-9-11-14-25/h9-11,13-14,17-20,28-30H,12,15-16H2,1-8H3/t28-,29+,30+/m0/s1. The Labute approximate surface area is 219 Å². The summed E-state index contributed by atoms with van der Waals surface area (Å²) in [4.78, 5) is 2.45. The molecule has 3 aromatic carbocycles. The topological polar surface area (TPSA) is 21.7 Å². The van der Waals surface area contributed by atoms with E-state index in [1.165, 1.54) is 57.7 Å². The van der Waals surface area contributed by atoms with Crippen LogP contribution in [0.3, 0.4) is 0 Å². The zero-order chi connectivity index (χ0) is 26.0. The van der Waals surface area contributed by atoms with Gasteiger partial charge in [0.25, 0.3) is 0 Å². The van der Waals surface area contributed by atoms with E-state index in [0.29, 0.717) is 17.6 Å². The molecule has 0 radical (unpaired) electrons. The molecule has 3 nitrogen and oxygen atoms in total. The first-order chi connectivity index (χ1) is 17.3. The Hall–Kier alpha value is -2.35. The van der Waals surface area contributed by atoms with E-state index >= 15 is 0 Å². The van der Waals surface area contributed by atoms with Gasteiger partial charge in [-0.2, -0.15) is 0 Å². The minimum Gasteiger partial charge on any atom is -0.496 e. The van der Waals surface area contributed by atoms with E-state index < -0.39 is 7.92 Å². The fourth-order valence-electron chi connectivity index (χ4n) is 6.55. The van der Waals surface area contributed by atoms with Crippen LogP contribution in [0.2, 0.25) is 0 Å². The fourth-order valence-corrected chi connectivity index (χ4v) is 10.1. The van der Waals surface area contributed by atoms with E-state index in [4.69, 9.17) is 9.47 Å². The van der Waals surface area contributed by atoms with Crippen LogP contribution in [-0.2, 0) is 0 Å². The lowest BCUT2D eigenvalue weighted by molar-refractivity contribution is 0.217. The van der Waals surface area contributed by atoms with Crippen LogP contribution in [-0.4, -0.2) is 38.9 Å². The molecule has 0 saturated heterocycles. The Morgan fingerprint density at radius 1 is 0.750 bits per heavy atom. The third-order valence-corrected chi connectivity index (χ3v) is 10.8. The van der Waals surface area contributed by atoms with Gasteiger partial charge in [0.05, 0.1) is 14.2 Å². The number of aryl methyl sites for hydroxylation is 4. The Kier molecular flexibility index (Phi) is 8.43. The quantitative estimate of drug-likeness (QED) is 0.314. The highest BCUT2D eigenvalue weighted by Gasteiger charge is 2.41. The number of nitrogens with zero attached hydrogens (tertiary/aromatic N) is 1. The summed E-state index contributed by atoms with van der Waals surface area (Å²) >= 11 is 0. The van der Waals surface area contributed by atoms with Crippen molar-refractivity contribution in [3.63, 3.8) is 0 Å². The molecule has 0 spiro atoms. The van der Waals surface area contributed by atoms with Crippen LogP contribution >= 0.6 is 7.92 Å². The summed E-state index contributed by atoms with van der Waals surface area (Å²) in [6.07, 6.45) is 3.82. The van der Waals surface area contributed by atoms with Crippen molar-refractivity contribution in [2.24, 2.45) is 5.92 Å². The van der Waals surface area contributed by atoms with Gasteiger partial charge in [-0.15, -0.1) is 0 Å². The molecule has 3 aromatic rings. The maximum absolute atomic E-state index is 5.74.